The van der Waals surface area contributed by atoms with Crippen LogP contribution in [0.15, 0.2) is 90.4 Å². The van der Waals surface area contributed by atoms with E-state index in [-0.39, 0.29) is 0 Å². The van der Waals surface area contributed by atoms with Gasteiger partial charge in [-0.05, 0) is 30.3 Å². The van der Waals surface area contributed by atoms with Gasteiger partial charge in [-0.25, -0.2) is 0 Å². The second-order valence-electron chi connectivity index (χ2n) is 4.57. The first-order chi connectivity index (χ1) is 11.4. The molecule has 4 heterocycles. The molecule has 4 aromatic heterocycles. The molecule has 0 aliphatic rings. The van der Waals surface area contributed by atoms with Crippen molar-refractivity contribution in [3.63, 3.8) is 0 Å². The fourth-order valence-electron chi connectivity index (χ4n) is 2.07. The van der Waals surface area contributed by atoms with E-state index in [0.717, 1.165) is 22.4 Å². The zero-order chi connectivity index (χ0) is 15.7. The van der Waals surface area contributed by atoms with Gasteiger partial charge < -0.3 is 4.52 Å². The van der Waals surface area contributed by atoms with Crippen molar-refractivity contribution in [2.45, 2.75) is 0 Å². The van der Waals surface area contributed by atoms with Crippen molar-refractivity contribution in [2.75, 3.05) is 0 Å². The van der Waals surface area contributed by atoms with Gasteiger partial charge in [-0.3, -0.25) is 15.0 Å². The van der Waals surface area contributed by atoms with Gasteiger partial charge in [0, 0.05) is 47.7 Å². The van der Waals surface area contributed by atoms with Gasteiger partial charge in [0.2, 0.25) is 0 Å². The maximum Gasteiger partial charge on any atom is 0.123 e. The van der Waals surface area contributed by atoms with Crippen molar-refractivity contribution in [2.24, 2.45) is 0 Å². The van der Waals surface area contributed by atoms with Gasteiger partial charge in [0.25, 0.3) is 0 Å². The Morgan fingerprint density at radius 3 is 2.00 bits per heavy atom. The van der Waals surface area contributed by atoms with Crippen molar-refractivity contribution in [1.29, 1.82) is 0 Å². The summed E-state index contributed by atoms with van der Waals surface area (Å²) in [4.78, 5) is 12.8. The maximum absolute atomic E-state index is 4.46. The van der Waals surface area contributed by atoms with E-state index in [9.17, 15) is 0 Å². The molecule has 5 heteroatoms. The smallest absolute Gasteiger partial charge is 0.123 e. The van der Waals surface area contributed by atoms with Gasteiger partial charge in [-0.1, -0.05) is 17.3 Å². The first-order valence-electron chi connectivity index (χ1n) is 7.05. The van der Waals surface area contributed by atoms with Gasteiger partial charge in [0.1, 0.15) is 6.26 Å². The topological polar surface area (TPSA) is 64.7 Å². The normalized spacial score (nSPS) is 9.74. The lowest BCUT2D eigenvalue weighted by Crippen LogP contribution is -1.89. The third-order valence-corrected chi connectivity index (χ3v) is 3.06. The lowest BCUT2D eigenvalue weighted by atomic mass is 10.0. The molecule has 0 spiro atoms. The molecular formula is C18H14N4O. The molecule has 0 radical (unpaired) electrons. The Morgan fingerprint density at radius 2 is 1.43 bits per heavy atom. The summed E-state index contributed by atoms with van der Waals surface area (Å²) in [5.41, 5.74) is 4.07. The van der Waals surface area contributed by atoms with Gasteiger partial charge in [-0.15, -0.1) is 0 Å². The average molecular weight is 302 g/mol. The summed E-state index contributed by atoms with van der Waals surface area (Å²) in [5.74, 6) is 0. The molecule has 0 atom stereocenters. The van der Waals surface area contributed by atoms with Crippen LogP contribution >= 0.6 is 0 Å². The fourth-order valence-corrected chi connectivity index (χ4v) is 2.07. The molecule has 0 bridgehead atoms. The minimum atomic E-state index is 0.929. The first kappa shape index (κ1) is 14.6. The molecule has 112 valence electrons. The van der Waals surface area contributed by atoms with E-state index in [2.05, 4.69) is 24.6 Å². The summed E-state index contributed by atoms with van der Waals surface area (Å²) in [6.07, 6.45) is 12.1. The Kier molecular flexibility index (Phi) is 4.83. The molecule has 4 aromatic rings. The Labute approximate surface area is 133 Å². The van der Waals surface area contributed by atoms with E-state index in [1.165, 1.54) is 6.26 Å². The van der Waals surface area contributed by atoms with Crippen LogP contribution in [0.3, 0.4) is 0 Å². The number of hydrogen-bond acceptors (Lipinski definition) is 5. The zero-order valence-corrected chi connectivity index (χ0v) is 12.3. The second-order valence-corrected chi connectivity index (χ2v) is 4.57. The van der Waals surface area contributed by atoms with Crippen LogP contribution in [0.1, 0.15) is 0 Å². The van der Waals surface area contributed by atoms with Crippen LogP contribution in [0.25, 0.3) is 22.4 Å². The highest BCUT2D eigenvalue weighted by Crippen LogP contribution is 2.28. The van der Waals surface area contributed by atoms with E-state index in [1.54, 1.807) is 30.9 Å². The van der Waals surface area contributed by atoms with Gasteiger partial charge in [-0.2, -0.15) is 0 Å². The molecule has 0 fully saturated rings. The van der Waals surface area contributed by atoms with Gasteiger partial charge >= 0.3 is 0 Å². The molecule has 0 aromatic carbocycles. The third-order valence-electron chi connectivity index (χ3n) is 3.06. The average Bonchev–Trinajstić information content (AvgIpc) is 3.23. The van der Waals surface area contributed by atoms with Gasteiger partial charge in [0.15, 0.2) is 0 Å². The summed E-state index contributed by atoms with van der Waals surface area (Å²) in [5, 5.41) is 3.35. The van der Waals surface area contributed by atoms with E-state index in [4.69, 9.17) is 0 Å². The first-order valence-corrected chi connectivity index (χ1v) is 7.05. The summed E-state index contributed by atoms with van der Waals surface area (Å²) >= 11 is 0. The molecule has 0 aliphatic heterocycles. The van der Waals surface area contributed by atoms with Crippen LogP contribution in [0.2, 0.25) is 0 Å². The number of nitrogens with zero attached hydrogens (tertiary/aromatic N) is 4. The summed E-state index contributed by atoms with van der Waals surface area (Å²) in [6.45, 7) is 0. The molecule has 23 heavy (non-hydrogen) atoms. The SMILES string of the molecule is c1cncc(-c2cccnc2-c2cccnc2)c1.c1cnoc1. The lowest BCUT2D eigenvalue weighted by molar-refractivity contribution is 0.420. The molecule has 4 rings (SSSR count). The molecule has 0 saturated heterocycles. The second kappa shape index (κ2) is 7.61. The maximum atomic E-state index is 4.46. The molecule has 5 nitrogen and oxygen atoms in total. The highest BCUT2D eigenvalue weighted by atomic mass is 16.5. The number of hydrogen-bond donors (Lipinski definition) is 0. The Bertz CT molecular complexity index is 742. The van der Waals surface area contributed by atoms with Crippen molar-refractivity contribution in [3.8, 4) is 22.4 Å². The van der Waals surface area contributed by atoms with E-state index in [1.807, 2.05) is 48.8 Å². The van der Waals surface area contributed by atoms with Crippen LogP contribution in [-0.4, -0.2) is 20.1 Å². The molecule has 0 amide bonds. The van der Waals surface area contributed by atoms with Crippen LogP contribution in [0.4, 0.5) is 0 Å². The van der Waals surface area contributed by atoms with Crippen molar-refractivity contribution in [3.05, 3.63) is 85.9 Å². The Morgan fingerprint density at radius 1 is 0.696 bits per heavy atom. The predicted molar refractivity (Wildman–Crippen MR) is 87.2 cm³/mol. The lowest BCUT2D eigenvalue weighted by Gasteiger charge is -2.07. The highest BCUT2D eigenvalue weighted by Gasteiger charge is 2.07. The molecule has 0 aliphatic carbocycles. The standard InChI is InChI=1S/C15H11N3.C3H3NO/c1-4-12(10-16-7-1)14-6-3-9-18-15(14)13-5-2-8-17-11-13;1-2-4-5-3-1/h1-11H;1-3H. The highest BCUT2D eigenvalue weighted by molar-refractivity contribution is 5.79. The largest absolute Gasteiger partial charge is 0.365 e. The van der Waals surface area contributed by atoms with Crippen LogP contribution in [-0.2, 0) is 0 Å². The quantitative estimate of drug-likeness (QED) is 0.562. The molecule has 0 unspecified atom stereocenters. The van der Waals surface area contributed by atoms with Crippen LogP contribution in [0, 0.1) is 0 Å². The van der Waals surface area contributed by atoms with Crippen molar-refractivity contribution in [1.82, 2.24) is 20.1 Å². The van der Waals surface area contributed by atoms with Crippen LogP contribution in [0.5, 0.6) is 0 Å². The molecule has 0 N–H and O–H groups in total. The summed E-state index contributed by atoms with van der Waals surface area (Å²) in [7, 11) is 0. The van der Waals surface area contributed by atoms with Crippen LogP contribution < -0.4 is 0 Å². The van der Waals surface area contributed by atoms with E-state index in [0.29, 0.717) is 0 Å². The minimum absolute atomic E-state index is 0.929. The summed E-state index contributed by atoms with van der Waals surface area (Å²) < 4.78 is 4.33. The molecular weight excluding hydrogens is 288 g/mol. The summed E-state index contributed by atoms with van der Waals surface area (Å²) in [6, 6.07) is 13.6. The van der Waals surface area contributed by atoms with Crippen molar-refractivity contribution >= 4 is 0 Å². The monoisotopic (exact) mass is 302 g/mol. The van der Waals surface area contributed by atoms with Crippen molar-refractivity contribution < 1.29 is 4.52 Å². The third kappa shape index (κ3) is 3.85. The van der Waals surface area contributed by atoms with E-state index < -0.39 is 0 Å². The Hall–Kier alpha value is -3.34. The Balaban J connectivity index is 0.000000267. The fraction of sp³-hybridized carbons (Fsp3) is 0. The minimum Gasteiger partial charge on any atom is -0.365 e. The van der Waals surface area contributed by atoms with Gasteiger partial charge in [0.05, 0.1) is 11.9 Å². The predicted octanol–water partition coefficient (Wildman–Crippen LogP) is 3.88. The number of rotatable bonds is 2. The number of aromatic nitrogens is 4. The van der Waals surface area contributed by atoms with E-state index >= 15 is 0 Å². The zero-order valence-electron chi connectivity index (χ0n) is 12.3. The molecule has 0 saturated carbocycles. The number of pyridine rings is 3.